The zero-order chi connectivity index (χ0) is 10.9. The van der Waals surface area contributed by atoms with Gasteiger partial charge in [-0.2, -0.15) is 0 Å². The van der Waals surface area contributed by atoms with Crippen molar-refractivity contribution in [3.05, 3.63) is 36.0 Å². The van der Waals surface area contributed by atoms with Gasteiger partial charge in [-0.05, 0) is 11.6 Å². The number of hydrogen-bond acceptors (Lipinski definition) is 2. The molecule has 0 fully saturated rings. The molecule has 1 atom stereocenters. The minimum atomic E-state index is -0.362. The lowest BCUT2D eigenvalue weighted by atomic mass is 9.83. The number of aromatic amines is 1. The van der Waals surface area contributed by atoms with Gasteiger partial charge in [-0.25, -0.2) is 0 Å². The predicted molar refractivity (Wildman–Crippen MR) is 61.8 cm³/mol. The van der Waals surface area contributed by atoms with Crippen LogP contribution in [0.1, 0.15) is 12.5 Å². The van der Waals surface area contributed by atoms with Gasteiger partial charge in [0.15, 0.2) is 0 Å². The van der Waals surface area contributed by atoms with Crippen LogP contribution in [0.2, 0.25) is 0 Å². The van der Waals surface area contributed by atoms with Gasteiger partial charge in [-0.3, -0.25) is 0 Å². The van der Waals surface area contributed by atoms with Gasteiger partial charge in [0.25, 0.3) is 0 Å². The van der Waals surface area contributed by atoms with E-state index in [4.69, 9.17) is 5.73 Å². The maximum absolute atomic E-state index is 9.42. The topological polar surface area (TPSA) is 62.0 Å². The van der Waals surface area contributed by atoms with Gasteiger partial charge in [-0.15, -0.1) is 0 Å². The Balaban J connectivity index is 2.61. The normalized spacial score (nSPS) is 15.4. The first-order valence-corrected chi connectivity index (χ1v) is 5.09. The minimum absolute atomic E-state index is 0.0609. The predicted octanol–water partition coefficient (Wildman–Crippen LogP) is 1.38. The fourth-order valence-electron chi connectivity index (χ4n) is 1.83. The minimum Gasteiger partial charge on any atom is -0.395 e. The summed E-state index contributed by atoms with van der Waals surface area (Å²) >= 11 is 0. The molecule has 3 nitrogen and oxygen atoms in total. The molecule has 3 heteroatoms. The second-order valence-corrected chi connectivity index (χ2v) is 4.17. The molecule has 0 saturated carbocycles. The number of para-hydroxylation sites is 1. The summed E-state index contributed by atoms with van der Waals surface area (Å²) in [5, 5.41) is 10.6. The van der Waals surface area contributed by atoms with Crippen molar-refractivity contribution in [3.8, 4) is 0 Å². The Kier molecular flexibility index (Phi) is 2.50. The number of nitrogens with one attached hydrogen (secondary N) is 1. The van der Waals surface area contributed by atoms with Crippen molar-refractivity contribution in [1.82, 2.24) is 4.98 Å². The zero-order valence-corrected chi connectivity index (χ0v) is 8.83. The van der Waals surface area contributed by atoms with Crippen LogP contribution in [0.15, 0.2) is 30.5 Å². The Labute approximate surface area is 88.9 Å². The van der Waals surface area contributed by atoms with Gasteiger partial charge >= 0.3 is 0 Å². The summed E-state index contributed by atoms with van der Waals surface area (Å²) in [6.45, 7) is 2.47. The third kappa shape index (κ3) is 1.54. The van der Waals surface area contributed by atoms with Gasteiger partial charge < -0.3 is 15.8 Å². The van der Waals surface area contributed by atoms with Crippen LogP contribution >= 0.6 is 0 Å². The molecule has 4 N–H and O–H groups in total. The first kappa shape index (κ1) is 10.2. The maximum Gasteiger partial charge on any atom is 0.0538 e. The summed E-state index contributed by atoms with van der Waals surface area (Å²) in [6, 6.07) is 8.05. The highest BCUT2D eigenvalue weighted by molar-refractivity contribution is 5.84. The molecule has 0 radical (unpaired) electrons. The maximum atomic E-state index is 9.42. The first-order chi connectivity index (χ1) is 7.21. The van der Waals surface area contributed by atoms with Crippen LogP contribution in [-0.4, -0.2) is 23.2 Å². The molecule has 15 heavy (non-hydrogen) atoms. The van der Waals surface area contributed by atoms with Crippen molar-refractivity contribution < 1.29 is 5.11 Å². The van der Waals surface area contributed by atoms with Crippen molar-refractivity contribution in [2.24, 2.45) is 5.73 Å². The Morgan fingerprint density at radius 3 is 2.80 bits per heavy atom. The van der Waals surface area contributed by atoms with Crippen LogP contribution in [0.3, 0.4) is 0 Å². The standard InChI is InChI=1S/C12H16N2O/c1-12(7-13,8-15)10-6-14-11-5-3-2-4-9(10)11/h2-6,14-15H,7-8,13H2,1H3. The summed E-state index contributed by atoms with van der Waals surface area (Å²) in [4.78, 5) is 3.20. The van der Waals surface area contributed by atoms with E-state index in [1.54, 1.807) is 0 Å². The van der Waals surface area contributed by atoms with Gasteiger partial charge in [-0.1, -0.05) is 25.1 Å². The van der Waals surface area contributed by atoms with E-state index < -0.39 is 0 Å². The molecular formula is C12H16N2O. The molecule has 2 rings (SSSR count). The Morgan fingerprint density at radius 2 is 2.13 bits per heavy atom. The fraction of sp³-hybridized carbons (Fsp3) is 0.333. The van der Waals surface area contributed by atoms with E-state index >= 15 is 0 Å². The average Bonchev–Trinajstić information content (AvgIpc) is 2.72. The SMILES string of the molecule is CC(CN)(CO)c1c[nH]c2ccccc12. The summed E-state index contributed by atoms with van der Waals surface area (Å²) in [6.07, 6.45) is 1.94. The lowest BCUT2D eigenvalue weighted by molar-refractivity contribution is 0.211. The molecule has 2 aromatic rings. The Morgan fingerprint density at radius 1 is 1.40 bits per heavy atom. The van der Waals surface area contributed by atoms with E-state index in [1.807, 2.05) is 37.4 Å². The molecule has 0 saturated heterocycles. The fourth-order valence-corrected chi connectivity index (χ4v) is 1.83. The lowest BCUT2D eigenvalue weighted by Crippen LogP contribution is -2.35. The number of hydrogen-bond donors (Lipinski definition) is 3. The Hall–Kier alpha value is -1.32. The van der Waals surface area contributed by atoms with Crippen molar-refractivity contribution >= 4 is 10.9 Å². The molecule has 0 amide bonds. The lowest BCUT2D eigenvalue weighted by Gasteiger charge is -2.24. The van der Waals surface area contributed by atoms with E-state index in [0.29, 0.717) is 6.54 Å². The van der Waals surface area contributed by atoms with Crippen LogP contribution in [-0.2, 0) is 5.41 Å². The number of aliphatic hydroxyl groups excluding tert-OH is 1. The number of H-pyrrole nitrogens is 1. The van der Waals surface area contributed by atoms with Crippen LogP contribution in [0, 0.1) is 0 Å². The van der Waals surface area contributed by atoms with E-state index in [1.165, 1.54) is 0 Å². The second kappa shape index (κ2) is 3.68. The van der Waals surface area contributed by atoms with E-state index in [9.17, 15) is 5.11 Å². The van der Waals surface area contributed by atoms with E-state index in [0.717, 1.165) is 16.5 Å². The number of rotatable bonds is 3. The zero-order valence-electron chi connectivity index (χ0n) is 8.83. The summed E-state index contributed by atoms with van der Waals surface area (Å²) in [5.41, 5.74) is 7.53. The van der Waals surface area contributed by atoms with Crippen LogP contribution in [0.25, 0.3) is 10.9 Å². The summed E-state index contributed by atoms with van der Waals surface area (Å²) in [7, 11) is 0. The molecule has 0 bridgehead atoms. The number of aromatic nitrogens is 1. The van der Waals surface area contributed by atoms with Crippen molar-refractivity contribution in [2.75, 3.05) is 13.2 Å². The Bertz CT molecular complexity index is 457. The smallest absolute Gasteiger partial charge is 0.0538 e. The first-order valence-electron chi connectivity index (χ1n) is 5.09. The number of benzene rings is 1. The van der Waals surface area contributed by atoms with E-state index in [2.05, 4.69) is 4.98 Å². The highest BCUT2D eigenvalue weighted by atomic mass is 16.3. The highest BCUT2D eigenvalue weighted by Crippen LogP contribution is 2.29. The number of nitrogens with two attached hydrogens (primary N) is 1. The monoisotopic (exact) mass is 204 g/mol. The van der Waals surface area contributed by atoms with Crippen LogP contribution in [0.4, 0.5) is 0 Å². The van der Waals surface area contributed by atoms with Gasteiger partial charge in [0.1, 0.15) is 0 Å². The summed E-state index contributed by atoms with van der Waals surface area (Å²) < 4.78 is 0. The van der Waals surface area contributed by atoms with Crippen molar-refractivity contribution in [2.45, 2.75) is 12.3 Å². The third-order valence-corrected chi connectivity index (χ3v) is 3.04. The quantitative estimate of drug-likeness (QED) is 0.707. The van der Waals surface area contributed by atoms with Gasteiger partial charge in [0, 0.05) is 29.1 Å². The van der Waals surface area contributed by atoms with Crippen molar-refractivity contribution in [3.63, 3.8) is 0 Å². The molecule has 0 aliphatic carbocycles. The number of fused-ring (bicyclic) bond motifs is 1. The molecule has 1 unspecified atom stereocenters. The van der Waals surface area contributed by atoms with Crippen LogP contribution in [0.5, 0.6) is 0 Å². The van der Waals surface area contributed by atoms with Crippen LogP contribution < -0.4 is 5.73 Å². The molecule has 1 aromatic carbocycles. The van der Waals surface area contributed by atoms with Crippen molar-refractivity contribution in [1.29, 1.82) is 0 Å². The average molecular weight is 204 g/mol. The van der Waals surface area contributed by atoms with Gasteiger partial charge in [0.2, 0.25) is 0 Å². The number of aliphatic hydroxyl groups is 1. The highest BCUT2D eigenvalue weighted by Gasteiger charge is 2.26. The molecule has 80 valence electrons. The largest absolute Gasteiger partial charge is 0.395 e. The third-order valence-electron chi connectivity index (χ3n) is 3.04. The second-order valence-electron chi connectivity index (χ2n) is 4.17. The van der Waals surface area contributed by atoms with E-state index in [-0.39, 0.29) is 12.0 Å². The molecule has 0 aliphatic rings. The molecule has 1 aromatic heterocycles. The molecule has 0 aliphatic heterocycles. The molecular weight excluding hydrogens is 188 g/mol. The van der Waals surface area contributed by atoms with Gasteiger partial charge in [0.05, 0.1) is 6.61 Å². The summed E-state index contributed by atoms with van der Waals surface area (Å²) in [5.74, 6) is 0. The molecule has 0 spiro atoms. The molecule has 1 heterocycles.